The number of likely N-dealkylation sites (tertiary alicyclic amines) is 1. The van der Waals surface area contributed by atoms with Gasteiger partial charge in [0.05, 0.1) is 6.07 Å². The third kappa shape index (κ3) is 3.49. The van der Waals surface area contributed by atoms with Crippen LogP contribution in [0.15, 0.2) is 27.4 Å². The Labute approximate surface area is 163 Å². The van der Waals surface area contributed by atoms with Gasteiger partial charge in [-0.1, -0.05) is 0 Å². The number of nitrogens with zero attached hydrogens (tertiary/aromatic N) is 2. The van der Waals surface area contributed by atoms with Crippen LogP contribution in [0.1, 0.15) is 43.7 Å². The zero-order valence-electron chi connectivity index (χ0n) is 16.1. The van der Waals surface area contributed by atoms with E-state index >= 15 is 0 Å². The van der Waals surface area contributed by atoms with E-state index in [0.29, 0.717) is 37.3 Å². The minimum Gasteiger partial charge on any atom is -0.481 e. The van der Waals surface area contributed by atoms with Gasteiger partial charge in [-0.2, -0.15) is 5.26 Å². The third-order valence-corrected chi connectivity index (χ3v) is 5.84. The van der Waals surface area contributed by atoms with Crippen molar-refractivity contribution in [3.63, 3.8) is 0 Å². The second-order valence-electron chi connectivity index (χ2n) is 7.70. The molecule has 0 bridgehead atoms. The van der Waals surface area contributed by atoms with Gasteiger partial charge in [0.1, 0.15) is 11.3 Å². The molecule has 0 saturated carbocycles. The van der Waals surface area contributed by atoms with Crippen LogP contribution in [0.5, 0.6) is 5.75 Å². The molecule has 0 spiro atoms. The van der Waals surface area contributed by atoms with Gasteiger partial charge in [-0.3, -0.25) is 4.79 Å². The number of benzene rings is 1. The number of hydrogen-bond acceptors (Lipinski definition) is 5. The third-order valence-electron chi connectivity index (χ3n) is 5.84. The highest BCUT2D eigenvalue weighted by Gasteiger charge is 2.27. The molecule has 2 aromatic rings. The SMILES string of the molecule is CC(Oc1ccc2c3c(c(=O)oc2c1)CCCC3)C(=O)N1CCC(C#N)CC1. The molecule has 1 fully saturated rings. The van der Waals surface area contributed by atoms with E-state index in [-0.39, 0.29) is 17.5 Å². The smallest absolute Gasteiger partial charge is 0.339 e. The number of nitriles is 1. The van der Waals surface area contributed by atoms with E-state index in [0.717, 1.165) is 42.2 Å². The Kier molecular flexibility index (Phi) is 5.08. The summed E-state index contributed by atoms with van der Waals surface area (Å²) in [6.07, 6.45) is 4.56. The number of ether oxygens (including phenoxy) is 1. The highest BCUT2D eigenvalue weighted by molar-refractivity contribution is 5.84. The van der Waals surface area contributed by atoms with Crippen molar-refractivity contribution in [3.8, 4) is 11.8 Å². The van der Waals surface area contributed by atoms with Crippen LogP contribution in [0, 0.1) is 17.2 Å². The second-order valence-corrected chi connectivity index (χ2v) is 7.70. The van der Waals surface area contributed by atoms with Gasteiger partial charge < -0.3 is 14.1 Å². The molecule has 28 heavy (non-hydrogen) atoms. The van der Waals surface area contributed by atoms with Gasteiger partial charge in [-0.25, -0.2) is 4.79 Å². The maximum Gasteiger partial charge on any atom is 0.339 e. The second kappa shape index (κ2) is 7.67. The molecule has 1 aromatic heterocycles. The Bertz CT molecular complexity index is 996. The first-order chi connectivity index (χ1) is 13.6. The van der Waals surface area contributed by atoms with Gasteiger partial charge in [-0.05, 0) is 63.1 Å². The van der Waals surface area contributed by atoms with Crippen LogP contribution in [0.25, 0.3) is 11.0 Å². The van der Waals surface area contributed by atoms with E-state index < -0.39 is 6.10 Å². The Morgan fingerprint density at radius 3 is 2.68 bits per heavy atom. The standard InChI is InChI=1S/C22H24N2O4/c1-14(21(25)24-10-8-15(13-23)9-11-24)27-16-6-7-18-17-4-2-3-5-19(17)22(26)28-20(18)12-16/h6-7,12,14-15H,2-5,8-11H2,1H3. The molecule has 6 nitrogen and oxygen atoms in total. The number of fused-ring (bicyclic) bond motifs is 3. The molecule has 0 N–H and O–H groups in total. The zero-order valence-corrected chi connectivity index (χ0v) is 16.1. The predicted octanol–water partition coefficient (Wildman–Crippen LogP) is 3.20. The largest absolute Gasteiger partial charge is 0.481 e. The van der Waals surface area contributed by atoms with Crippen molar-refractivity contribution in [2.24, 2.45) is 5.92 Å². The van der Waals surface area contributed by atoms with Gasteiger partial charge in [0, 0.05) is 36.0 Å². The maximum atomic E-state index is 12.7. The lowest BCUT2D eigenvalue weighted by atomic mass is 9.91. The van der Waals surface area contributed by atoms with Crippen LogP contribution in [0.2, 0.25) is 0 Å². The van der Waals surface area contributed by atoms with Crippen molar-refractivity contribution < 1.29 is 13.9 Å². The van der Waals surface area contributed by atoms with Crippen molar-refractivity contribution >= 4 is 16.9 Å². The highest BCUT2D eigenvalue weighted by atomic mass is 16.5. The van der Waals surface area contributed by atoms with Crippen molar-refractivity contribution in [1.29, 1.82) is 5.26 Å². The van der Waals surface area contributed by atoms with E-state index in [1.807, 2.05) is 12.1 Å². The number of carbonyl (C=O) groups excluding carboxylic acids is 1. The van der Waals surface area contributed by atoms with Gasteiger partial charge in [-0.15, -0.1) is 0 Å². The van der Waals surface area contributed by atoms with E-state index in [1.54, 1.807) is 17.9 Å². The molecule has 4 rings (SSSR count). The molecule has 0 radical (unpaired) electrons. The zero-order chi connectivity index (χ0) is 19.7. The first kappa shape index (κ1) is 18.5. The quantitative estimate of drug-likeness (QED) is 0.764. The first-order valence-electron chi connectivity index (χ1n) is 10.0. The van der Waals surface area contributed by atoms with Crippen LogP contribution >= 0.6 is 0 Å². The van der Waals surface area contributed by atoms with Crippen LogP contribution in [0.4, 0.5) is 0 Å². The topological polar surface area (TPSA) is 83.5 Å². The molecular formula is C22H24N2O4. The summed E-state index contributed by atoms with van der Waals surface area (Å²) in [6.45, 7) is 2.90. The monoisotopic (exact) mass is 380 g/mol. The van der Waals surface area contributed by atoms with E-state index in [1.165, 1.54) is 0 Å². The predicted molar refractivity (Wildman–Crippen MR) is 104 cm³/mol. The molecule has 1 aliphatic heterocycles. The maximum absolute atomic E-state index is 12.7. The van der Waals surface area contributed by atoms with E-state index in [2.05, 4.69) is 6.07 Å². The molecule has 1 unspecified atom stereocenters. The van der Waals surface area contributed by atoms with Crippen molar-refractivity contribution in [3.05, 3.63) is 39.7 Å². The van der Waals surface area contributed by atoms with Crippen LogP contribution in [-0.2, 0) is 17.6 Å². The lowest BCUT2D eigenvalue weighted by Crippen LogP contribution is -2.44. The van der Waals surface area contributed by atoms with Crippen molar-refractivity contribution in [2.45, 2.75) is 51.6 Å². The molecule has 2 heterocycles. The Balaban J connectivity index is 1.51. The normalized spacial score (nSPS) is 18.4. The summed E-state index contributed by atoms with van der Waals surface area (Å²) in [5, 5.41) is 9.95. The lowest BCUT2D eigenvalue weighted by Gasteiger charge is -2.31. The number of rotatable bonds is 3. The van der Waals surface area contributed by atoms with Gasteiger partial charge in [0.25, 0.3) is 5.91 Å². The van der Waals surface area contributed by atoms with E-state index in [9.17, 15) is 9.59 Å². The number of carbonyl (C=O) groups is 1. The number of hydrogen-bond donors (Lipinski definition) is 0. The minimum atomic E-state index is -0.638. The molecule has 146 valence electrons. The molecule has 2 aliphatic rings. The molecule has 1 aromatic carbocycles. The highest BCUT2D eigenvalue weighted by Crippen LogP contribution is 2.29. The summed E-state index contributed by atoms with van der Waals surface area (Å²) >= 11 is 0. The van der Waals surface area contributed by atoms with Crippen molar-refractivity contribution in [1.82, 2.24) is 4.90 Å². The van der Waals surface area contributed by atoms with Crippen molar-refractivity contribution in [2.75, 3.05) is 13.1 Å². The average Bonchev–Trinajstić information content (AvgIpc) is 2.73. The molecule has 1 saturated heterocycles. The molecular weight excluding hydrogens is 356 g/mol. The Hall–Kier alpha value is -2.81. The summed E-state index contributed by atoms with van der Waals surface area (Å²) in [5.74, 6) is 0.470. The van der Waals surface area contributed by atoms with Crippen LogP contribution in [0.3, 0.4) is 0 Å². The summed E-state index contributed by atoms with van der Waals surface area (Å²) in [4.78, 5) is 26.7. The molecule has 6 heteroatoms. The Morgan fingerprint density at radius 2 is 1.96 bits per heavy atom. The molecule has 1 aliphatic carbocycles. The van der Waals surface area contributed by atoms with Gasteiger partial charge >= 0.3 is 5.63 Å². The fraction of sp³-hybridized carbons (Fsp3) is 0.500. The Morgan fingerprint density at radius 1 is 1.25 bits per heavy atom. The summed E-state index contributed by atoms with van der Waals surface area (Å²) in [7, 11) is 0. The number of aryl methyl sites for hydroxylation is 1. The first-order valence-corrected chi connectivity index (χ1v) is 10.0. The fourth-order valence-corrected chi connectivity index (χ4v) is 4.24. The average molecular weight is 380 g/mol. The number of amides is 1. The van der Waals surface area contributed by atoms with Crippen LogP contribution in [-0.4, -0.2) is 30.0 Å². The number of piperidine rings is 1. The van der Waals surface area contributed by atoms with E-state index in [4.69, 9.17) is 14.4 Å². The van der Waals surface area contributed by atoms with Crippen LogP contribution < -0.4 is 10.4 Å². The summed E-state index contributed by atoms with van der Waals surface area (Å²) in [5.41, 5.74) is 2.15. The van der Waals surface area contributed by atoms with Gasteiger partial charge in [0.15, 0.2) is 6.10 Å². The minimum absolute atomic E-state index is 0.0367. The molecule has 1 atom stereocenters. The summed E-state index contributed by atoms with van der Waals surface area (Å²) < 4.78 is 11.4. The lowest BCUT2D eigenvalue weighted by molar-refractivity contribution is -0.139. The fourth-order valence-electron chi connectivity index (χ4n) is 4.24. The molecule has 1 amide bonds. The summed E-state index contributed by atoms with van der Waals surface area (Å²) in [6, 6.07) is 7.74. The van der Waals surface area contributed by atoms with Gasteiger partial charge in [0.2, 0.25) is 0 Å².